The molecule has 3 nitrogen and oxygen atoms in total. The van der Waals surface area contributed by atoms with Gasteiger partial charge in [-0.05, 0) is 86.6 Å². The van der Waals surface area contributed by atoms with Crippen LogP contribution in [0.25, 0.3) is 97.9 Å². The lowest BCUT2D eigenvalue weighted by Gasteiger charge is -2.21. The molecule has 0 fully saturated rings. The SMILES string of the molecule is CC1(C)c2ccccc2-c2cc3cc(-c4cccc(-c5nc6c(nc5-c5cccc7oc8ccccc8c57)sc5ccccc56)c4)ccc3cc21. The molecule has 1 aliphatic rings. The van der Waals surface area contributed by atoms with Crippen molar-refractivity contribution >= 4 is 64.5 Å². The Morgan fingerprint density at radius 2 is 1.25 bits per heavy atom. The van der Waals surface area contributed by atoms with Crippen molar-refractivity contribution in [2.75, 3.05) is 0 Å². The van der Waals surface area contributed by atoms with E-state index in [9.17, 15) is 0 Å². The van der Waals surface area contributed by atoms with E-state index in [2.05, 4.69) is 141 Å². The number of para-hydroxylation sites is 1. The second kappa shape index (κ2) is 10.5. The van der Waals surface area contributed by atoms with Gasteiger partial charge in [-0.25, -0.2) is 9.97 Å². The Kier molecular flexibility index (Phi) is 5.89. The van der Waals surface area contributed by atoms with Gasteiger partial charge < -0.3 is 4.42 Å². The highest BCUT2D eigenvalue weighted by atomic mass is 32.1. The third-order valence-electron chi connectivity index (χ3n) is 10.9. The van der Waals surface area contributed by atoms with Gasteiger partial charge >= 0.3 is 0 Å². The fraction of sp³-hybridized carbons (Fsp3) is 0.0638. The Morgan fingerprint density at radius 3 is 2.20 bits per heavy atom. The molecule has 4 heteroatoms. The van der Waals surface area contributed by atoms with Gasteiger partial charge in [0.25, 0.3) is 0 Å². The van der Waals surface area contributed by atoms with Gasteiger partial charge in [0.05, 0.1) is 11.4 Å². The van der Waals surface area contributed by atoms with Gasteiger partial charge in [-0.2, -0.15) is 0 Å². The molecule has 0 saturated carbocycles. The molecule has 10 aromatic rings. The van der Waals surface area contributed by atoms with E-state index in [4.69, 9.17) is 14.4 Å². The Balaban J connectivity index is 1.12. The molecular weight excluding hydrogens is 641 g/mol. The van der Waals surface area contributed by atoms with Crippen LogP contribution in [0.4, 0.5) is 0 Å². The molecule has 0 bridgehead atoms. The van der Waals surface area contributed by atoms with Gasteiger partial charge in [0.1, 0.15) is 21.5 Å². The summed E-state index contributed by atoms with van der Waals surface area (Å²) in [6.45, 7) is 4.68. The van der Waals surface area contributed by atoms with Crippen LogP contribution in [0.1, 0.15) is 25.0 Å². The number of hydrogen-bond donors (Lipinski definition) is 0. The first-order valence-corrected chi connectivity index (χ1v) is 18.2. The summed E-state index contributed by atoms with van der Waals surface area (Å²) in [5, 5.41) is 5.78. The molecule has 1 aliphatic carbocycles. The number of rotatable bonds is 3. The number of benzene rings is 7. The van der Waals surface area contributed by atoms with E-state index in [1.54, 1.807) is 11.3 Å². The Morgan fingerprint density at radius 1 is 0.510 bits per heavy atom. The van der Waals surface area contributed by atoms with Gasteiger partial charge in [-0.15, -0.1) is 11.3 Å². The highest BCUT2D eigenvalue weighted by Gasteiger charge is 2.35. The smallest absolute Gasteiger partial charge is 0.143 e. The average molecular weight is 671 g/mol. The van der Waals surface area contributed by atoms with E-state index in [0.29, 0.717) is 0 Å². The lowest BCUT2D eigenvalue weighted by Crippen LogP contribution is -2.14. The largest absolute Gasteiger partial charge is 0.456 e. The van der Waals surface area contributed by atoms with Gasteiger partial charge in [0.15, 0.2) is 0 Å². The highest BCUT2D eigenvalue weighted by molar-refractivity contribution is 7.25. The van der Waals surface area contributed by atoms with Gasteiger partial charge in [-0.1, -0.05) is 117 Å². The van der Waals surface area contributed by atoms with Crippen molar-refractivity contribution < 1.29 is 4.42 Å². The first kappa shape index (κ1) is 28.7. The Labute approximate surface area is 298 Å². The predicted molar refractivity (Wildman–Crippen MR) is 214 cm³/mol. The standard InChI is InChI=1S/C47H30N2OS/c1-47(2)37-17-6-3-13-32(37)36-25-31-24-28(21-22-29(31)26-38(36)47)27-11-9-12-30(23-27)43-44(49-46-45(48-43)34-15-5-8-20-41(34)51-46)35-16-10-19-40-42(35)33-14-4-7-18-39(33)50-40/h3-26H,1-2H3. The second-order valence-electron chi connectivity index (χ2n) is 14.2. The van der Waals surface area contributed by atoms with Gasteiger partial charge in [-0.3, -0.25) is 0 Å². The van der Waals surface area contributed by atoms with Crippen LogP contribution in [0.15, 0.2) is 150 Å². The fourth-order valence-electron chi connectivity index (χ4n) is 8.35. The van der Waals surface area contributed by atoms with Crippen LogP contribution in [-0.2, 0) is 5.41 Å². The third kappa shape index (κ3) is 4.17. The summed E-state index contributed by atoms with van der Waals surface area (Å²) in [7, 11) is 0. The molecule has 0 aliphatic heterocycles. The summed E-state index contributed by atoms with van der Waals surface area (Å²) < 4.78 is 7.51. The molecule has 0 radical (unpaired) electrons. The monoisotopic (exact) mass is 670 g/mol. The lowest BCUT2D eigenvalue weighted by molar-refractivity contribution is 0.661. The van der Waals surface area contributed by atoms with Crippen molar-refractivity contribution in [1.29, 1.82) is 0 Å². The summed E-state index contributed by atoms with van der Waals surface area (Å²) in [4.78, 5) is 11.8. The molecule has 0 N–H and O–H groups in total. The van der Waals surface area contributed by atoms with Crippen molar-refractivity contribution in [3.8, 4) is 44.8 Å². The molecule has 0 amide bonds. The Hall–Kier alpha value is -6.10. The van der Waals surface area contributed by atoms with E-state index in [0.717, 1.165) is 65.8 Å². The topological polar surface area (TPSA) is 38.9 Å². The number of fused-ring (bicyclic) bond motifs is 10. The molecule has 0 atom stereocenters. The van der Waals surface area contributed by atoms with Crippen LogP contribution >= 0.6 is 11.3 Å². The summed E-state index contributed by atoms with van der Waals surface area (Å²) in [5.41, 5.74) is 14.2. The maximum absolute atomic E-state index is 6.32. The number of nitrogens with zero attached hydrogens (tertiary/aromatic N) is 2. The molecular formula is C47H30N2OS. The molecule has 240 valence electrons. The molecule has 3 heterocycles. The first-order chi connectivity index (χ1) is 25.0. The minimum atomic E-state index is -0.0200. The van der Waals surface area contributed by atoms with Crippen LogP contribution in [0.2, 0.25) is 0 Å². The van der Waals surface area contributed by atoms with Crippen LogP contribution in [0, 0.1) is 0 Å². The summed E-state index contributed by atoms with van der Waals surface area (Å²) in [6.07, 6.45) is 0. The molecule has 11 rings (SSSR count). The fourth-order valence-corrected chi connectivity index (χ4v) is 9.37. The summed E-state index contributed by atoms with van der Waals surface area (Å²) in [6, 6.07) is 52.2. The van der Waals surface area contributed by atoms with Crippen LogP contribution in [-0.4, -0.2) is 9.97 Å². The number of hydrogen-bond acceptors (Lipinski definition) is 4. The first-order valence-electron chi connectivity index (χ1n) is 17.4. The predicted octanol–water partition coefficient (Wildman–Crippen LogP) is 13.2. The molecule has 0 saturated heterocycles. The number of aromatic nitrogens is 2. The van der Waals surface area contributed by atoms with E-state index < -0.39 is 0 Å². The molecule has 51 heavy (non-hydrogen) atoms. The van der Waals surface area contributed by atoms with Crippen molar-refractivity contribution in [3.05, 3.63) is 157 Å². The van der Waals surface area contributed by atoms with E-state index in [1.807, 2.05) is 18.2 Å². The molecule has 7 aromatic carbocycles. The van der Waals surface area contributed by atoms with Crippen LogP contribution in [0.5, 0.6) is 0 Å². The molecule has 0 unspecified atom stereocenters. The maximum atomic E-state index is 6.32. The average Bonchev–Trinajstić information content (AvgIpc) is 3.81. The zero-order chi connectivity index (χ0) is 33.8. The summed E-state index contributed by atoms with van der Waals surface area (Å²) in [5.74, 6) is 0. The van der Waals surface area contributed by atoms with Gasteiger partial charge in [0.2, 0.25) is 0 Å². The lowest BCUT2D eigenvalue weighted by atomic mass is 9.82. The molecule has 3 aromatic heterocycles. The number of furan rings is 1. The zero-order valence-corrected chi connectivity index (χ0v) is 28.9. The van der Waals surface area contributed by atoms with Crippen LogP contribution in [0.3, 0.4) is 0 Å². The van der Waals surface area contributed by atoms with Gasteiger partial charge in [0, 0.05) is 37.4 Å². The van der Waals surface area contributed by atoms with Crippen molar-refractivity contribution in [2.24, 2.45) is 0 Å². The third-order valence-corrected chi connectivity index (χ3v) is 11.9. The van der Waals surface area contributed by atoms with E-state index in [1.165, 1.54) is 43.3 Å². The minimum Gasteiger partial charge on any atom is -0.456 e. The van der Waals surface area contributed by atoms with Crippen molar-refractivity contribution in [3.63, 3.8) is 0 Å². The van der Waals surface area contributed by atoms with Crippen LogP contribution < -0.4 is 0 Å². The van der Waals surface area contributed by atoms with Crippen molar-refractivity contribution in [1.82, 2.24) is 9.97 Å². The summed E-state index contributed by atoms with van der Waals surface area (Å²) >= 11 is 1.69. The Bertz CT molecular complexity index is 3070. The van der Waals surface area contributed by atoms with E-state index in [-0.39, 0.29) is 5.41 Å². The number of thiophene rings is 1. The molecule has 0 spiro atoms. The second-order valence-corrected chi connectivity index (χ2v) is 15.2. The van der Waals surface area contributed by atoms with Crippen molar-refractivity contribution in [2.45, 2.75) is 19.3 Å². The minimum absolute atomic E-state index is 0.0200. The normalized spacial score (nSPS) is 13.5. The quantitative estimate of drug-likeness (QED) is 0.188. The van der Waals surface area contributed by atoms with E-state index >= 15 is 0 Å². The highest BCUT2D eigenvalue weighted by Crippen LogP contribution is 2.50. The maximum Gasteiger partial charge on any atom is 0.143 e. The zero-order valence-electron chi connectivity index (χ0n) is 28.1.